The van der Waals surface area contributed by atoms with Crippen molar-refractivity contribution in [3.05, 3.63) is 89.9 Å². The minimum atomic E-state index is -0.256. The average molecular weight is 464 g/mol. The maximum atomic E-state index is 12.2. The number of hydrazone groups is 1. The highest BCUT2D eigenvalue weighted by Crippen LogP contribution is 2.28. The van der Waals surface area contributed by atoms with Crippen molar-refractivity contribution >= 4 is 41.6 Å². The SMILES string of the molecule is O=C(CSc1nnc(-c2ccc(Cl)cc2)n1-c1ccccc1)N/N=C/C=C/c1ccco1. The summed E-state index contributed by atoms with van der Waals surface area (Å²) >= 11 is 7.30. The second kappa shape index (κ2) is 10.6. The predicted molar refractivity (Wildman–Crippen MR) is 127 cm³/mol. The van der Waals surface area contributed by atoms with Gasteiger partial charge in [0.15, 0.2) is 11.0 Å². The Labute approximate surface area is 193 Å². The molecule has 0 unspecified atom stereocenters. The second-order valence-electron chi connectivity index (χ2n) is 6.46. The van der Waals surface area contributed by atoms with Crippen molar-refractivity contribution in [1.82, 2.24) is 20.2 Å². The first-order chi connectivity index (χ1) is 15.7. The van der Waals surface area contributed by atoms with Crippen molar-refractivity contribution in [3.63, 3.8) is 0 Å². The van der Waals surface area contributed by atoms with Crippen LogP contribution in [0.15, 0.2) is 93.7 Å². The lowest BCUT2D eigenvalue weighted by atomic mass is 10.2. The summed E-state index contributed by atoms with van der Waals surface area (Å²) in [6.07, 6.45) is 6.49. The topological polar surface area (TPSA) is 85.3 Å². The molecule has 0 radical (unpaired) electrons. The van der Waals surface area contributed by atoms with Crippen molar-refractivity contribution < 1.29 is 9.21 Å². The highest BCUT2D eigenvalue weighted by Gasteiger charge is 2.17. The predicted octanol–water partition coefficient (Wildman–Crippen LogP) is 5.09. The second-order valence-corrected chi connectivity index (χ2v) is 7.84. The number of carbonyl (C=O) groups excluding carboxylic acids is 1. The molecule has 0 bridgehead atoms. The van der Waals surface area contributed by atoms with E-state index in [4.69, 9.17) is 16.0 Å². The summed E-state index contributed by atoms with van der Waals surface area (Å²) < 4.78 is 7.09. The lowest BCUT2D eigenvalue weighted by molar-refractivity contribution is -0.118. The maximum Gasteiger partial charge on any atom is 0.250 e. The number of amides is 1. The fourth-order valence-corrected chi connectivity index (χ4v) is 3.67. The first-order valence-corrected chi connectivity index (χ1v) is 11.0. The molecule has 32 heavy (non-hydrogen) atoms. The summed E-state index contributed by atoms with van der Waals surface area (Å²) in [5.74, 6) is 1.24. The van der Waals surface area contributed by atoms with Gasteiger partial charge in [-0.25, -0.2) is 5.43 Å². The van der Waals surface area contributed by atoms with Crippen LogP contribution in [0.25, 0.3) is 23.2 Å². The Hall–Kier alpha value is -3.62. The third-order valence-corrected chi connectivity index (χ3v) is 5.42. The van der Waals surface area contributed by atoms with Gasteiger partial charge >= 0.3 is 0 Å². The summed E-state index contributed by atoms with van der Waals surface area (Å²) in [7, 11) is 0. The minimum absolute atomic E-state index is 0.130. The van der Waals surface area contributed by atoms with Gasteiger partial charge in [0, 0.05) is 22.5 Å². The summed E-state index contributed by atoms with van der Waals surface area (Å²) in [6.45, 7) is 0. The standard InChI is InChI=1S/C23H18ClN5O2S/c24-18-12-10-17(11-13-18)22-27-28-23(29(22)19-6-2-1-3-7-19)32-16-21(30)26-25-14-4-8-20-9-5-15-31-20/h1-15H,16H2,(H,26,30)/b8-4+,25-14+. The molecule has 4 aromatic rings. The van der Waals surface area contributed by atoms with E-state index in [2.05, 4.69) is 20.7 Å². The lowest BCUT2D eigenvalue weighted by Gasteiger charge is -2.10. The van der Waals surface area contributed by atoms with Crippen LogP contribution in [-0.4, -0.2) is 32.6 Å². The van der Waals surface area contributed by atoms with E-state index < -0.39 is 0 Å². The van der Waals surface area contributed by atoms with Crippen LogP contribution >= 0.6 is 23.4 Å². The highest BCUT2D eigenvalue weighted by atomic mass is 35.5. The van der Waals surface area contributed by atoms with Gasteiger partial charge < -0.3 is 4.42 Å². The number of benzene rings is 2. The summed E-state index contributed by atoms with van der Waals surface area (Å²) in [6, 6.07) is 20.7. The van der Waals surface area contributed by atoms with Crippen LogP contribution in [0.2, 0.25) is 5.02 Å². The monoisotopic (exact) mass is 463 g/mol. The van der Waals surface area contributed by atoms with E-state index in [1.54, 1.807) is 36.6 Å². The number of hydrogen-bond acceptors (Lipinski definition) is 6. The normalized spacial score (nSPS) is 11.4. The van der Waals surface area contributed by atoms with Gasteiger partial charge in [0.2, 0.25) is 0 Å². The molecule has 1 amide bonds. The van der Waals surface area contributed by atoms with Gasteiger partial charge in [-0.2, -0.15) is 5.10 Å². The van der Waals surface area contributed by atoms with Crippen LogP contribution in [0, 0.1) is 0 Å². The van der Waals surface area contributed by atoms with E-state index in [0.717, 1.165) is 11.3 Å². The number of carbonyl (C=O) groups is 1. The van der Waals surface area contributed by atoms with E-state index >= 15 is 0 Å². The molecule has 2 heterocycles. The molecule has 0 atom stereocenters. The van der Waals surface area contributed by atoms with Crippen molar-refractivity contribution in [2.45, 2.75) is 5.16 Å². The van der Waals surface area contributed by atoms with E-state index in [0.29, 0.717) is 21.8 Å². The molecule has 0 fully saturated rings. The minimum Gasteiger partial charge on any atom is -0.465 e. The molecule has 160 valence electrons. The fraction of sp³-hybridized carbons (Fsp3) is 0.0435. The summed E-state index contributed by atoms with van der Waals surface area (Å²) in [4.78, 5) is 12.2. The number of para-hydroxylation sites is 1. The Morgan fingerprint density at radius 2 is 1.91 bits per heavy atom. The molecule has 0 saturated heterocycles. The zero-order valence-electron chi connectivity index (χ0n) is 16.8. The molecule has 7 nitrogen and oxygen atoms in total. The molecule has 0 saturated carbocycles. The molecule has 2 aromatic heterocycles. The number of rotatable bonds is 8. The molecular formula is C23H18ClN5O2S. The Kier molecular flexibility index (Phi) is 7.16. The molecule has 4 rings (SSSR count). The first-order valence-electron chi connectivity index (χ1n) is 9.62. The molecule has 1 N–H and O–H groups in total. The Bertz CT molecular complexity index is 1220. The average Bonchev–Trinajstić information content (AvgIpc) is 3.48. The van der Waals surface area contributed by atoms with Crippen LogP contribution in [0.5, 0.6) is 0 Å². The summed E-state index contributed by atoms with van der Waals surface area (Å²) in [5, 5.41) is 13.8. The van der Waals surface area contributed by atoms with Crippen LogP contribution in [0.4, 0.5) is 0 Å². The third kappa shape index (κ3) is 5.54. The van der Waals surface area contributed by atoms with Crippen molar-refractivity contribution in [3.8, 4) is 17.1 Å². The van der Waals surface area contributed by atoms with Crippen molar-refractivity contribution in [2.75, 3.05) is 5.75 Å². The van der Waals surface area contributed by atoms with Gasteiger partial charge in [0.05, 0.1) is 12.0 Å². The van der Waals surface area contributed by atoms with Gasteiger partial charge in [-0.3, -0.25) is 9.36 Å². The zero-order valence-corrected chi connectivity index (χ0v) is 18.3. The van der Waals surface area contributed by atoms with Gasteiger partial charge in [0.1, 0.15) is 5.76 Å². The number of allylic oxidation sites excluding steroid dienone is 1. The van der Waals surface area contributed by atoms with E-state index in [9.17, 15) is 4.79 Å². The molecule has 0 aliphatic rings. The molecule has 0 aliphatic heterocycles. The number of nitrogens with zero attached hydrogens (tertiary/aromatic N) is 4. The maximum absolute atomic E-state index is 12.2. The van der Waals surface area contributed by atoms with E-state index in [-0.39, 0.29) is 11.7 Å². The third-order valence-electron chi connectivity index (χ3n) is 4.24. The zero-order chi connectivity index (χ0) is 22.2. The Morgan fingerprint density at radius 3 is 2.66 bits per heavy atom. The number of halogens is 1. The molecule has 0 spiro atoms. The number of thioether (sulfide) groups is 1. The Morgan fingerprint density at radius 1 is 1.09 bits per heavy atom. The van der Waals surface area contributed by atoms with Gasteiger partial charge in [-0.05, 0) is 60.7 Å². The Balaban J connectivity index is 1.45. The molecule has 2 aromatic carbocycles. The fourth-order valence-electron chi connectivity index (χ4n) is 2.80. The van der Waals surface area contributed by atoms with Gasteiger partial charge in [0.25, 0.3) is 5.91 Å². The lowest BCUT2D eigenvalue weighted by Crippen LogP contribution is -2.19. The largest absolute Gasteiger partial charge is 0.465 e. The van der Waals surface area contributed by atoms with Crippen LogP contribution in [0.1, 0.15) is 5.76 Å². The van der Waals surface area contributed by atoms with Gasteiger partial charge in [-0.1, -0.05) is 41.6 Å². The van der Waals surface area contributed by atoms with Crippen molar-refractivity contribution in [1.29, 1.82) is 0 Å². The number of nitrogens with one attached hydrogen (secondary N) is 1. The van der Waals surface area contributed by atoms with Gasteiger partial charge in [-0.15, -0.1) is 10.2 Å². The number of hydrogen-bond donors (Lipinski definition) is 1. The van der Waals surface area contributed by atoms with Crippen LogP contribution in [0.3, 0.4) is 0 Å². The van der Waals surface area contributed by atoms with E-state index in [1.807, 2.05) is 53.1 Å². The van der Waals surface area contributed by atoms with Crippen molar-refractivity contribution in [2.24, 2.45) is 5.10 Å². The quantitative estimate of drug-likeness (QED) is 0.223. The van der Waals surface area contributed by atoms with Crippen LogP contribution < -0.4 is 5.43 Å². The number of aromatic nitrogens is 3. The molecule has 0 aliphatic carbocycles. The van der Waals surface area contributed by atoms with E-state index in [1.165, 1.54) is 18.0 Å². The highest BCUT2D eigenvalue weighted by molar-refractivity contribution is 7.99. The smallest absolute Gasteiger partial charge is 0.250 e. The first kappa shape index (κ1) is 21.6. The van der Waals surface area contributed by atoms with Crippen LogP contribution in [-0.2, 0) is 4.79 Å². The summed E-state index contributed by atoms with van der Waals surface area (Å²) in [5.41, 5.74) is 4.26. The molecule has 9 heteroatoms. The molecular weight excluding hydrogens is 446 g/mol. The number of furan rings is 1.